The Balaban J connectivity index is 1.43. The quantitative estimate of drug-likeness (QED) is 0.710. The summed E-state index contributed by atoms with van der Waals surface area (Å²) in [6, 6.07) is 7.68. The maximum atomic E-state index is 12.6. The molecule has 0 spiro atoms. The number of piperidine rings is 1. The highest BCUT2D eigenvalue weighted by atomic mass is 16.2. The summed E-state index contributed by atoms with van der Waals surface area (Å²) in [5.74, 6) is -0.568. The summed E-state index contributed by atoms with van der Waals surface area (Å²) in [6.45, 7) is 2.97. The van der Waals surface area contributed by atoms with E-state index in [1.807, 2.05) is 31.2 Å². The van der Waals surface area contributed by atoms with Crippen molar-refractivity contribution in [3.63, 3.8) is 0 Å². The number of benzene rings is 1. The van der Waals surface area contributed by atoms with Gasteiger partial charge >= 0.3 is 6.03 Å². The highest BCUT2D eigenvalue weighted by Gasteiger charge is 2.28. The number of aryl methyl sites for hydroxylation is 1. The maximum Gasteiger partial charge on any atom is 0.321 e. The normalized spacial score (nSPS) is 20.0. The zero-order valence-electron chi connectivity index (χ0n) is 17.2. The molecule has 158 valence electrons. The lowest BCUT2D eigenvalue weighted by Gasteiger charge is -2.32. The molecular formula is C22H32N4O3. The molecular weight excluding hydrogens is 368 g/mol. The first kappa shape index (κ1) is 21.1. The van der Waals surface area contributed by atoms with E-state index in [0.29, 0.717) is 13.1 Å². The van der Waals surface area contributed by atoms with Crippen molar-refractivity contribution in [1.29, 1.82) is 0 Å². The molecule has 2 aliphatic rings. The van der Waals surface area contributed by atoms with Gasteiger partial charge in [-0.2, -0.15) is 0 Å². The molecule has 1 aliphatic heterocycles. The number of carbonyl (C=O) groups is 3. The third kappa shape index (κ3) is 6.48. The largest absolute Gasteiger partial charge is 0.352 e. The lowest BCUT2D eigenvalue weighted by Crippen LogP contribution is -2.49. The highest BCUT2D eigenvalue weighted by molar-refractivity contribution is 5.90. The molecule has 4 amide bonds. The van der Waals surface area contributed by atoms with E-state index < -0.39 is 0 Å². The maximum absolute atomic E-state index is 12.6. The summed E-state index contributed by atoms with van der Waals surface area (Å²) >= 11 is 0. The molecule has 1 atom stereocenters. The summed E-state index contributed by atoms with van der Waals surface area (Å²) < 4.78 is 0. The van der Waals surface area contributed by atoms with Gasteiger partial charge in [-0.25, -0.2) is 4.79 Å². The first-order chi connectivity index (χ1) is 14.0. The van der Waals surface area contributed by atoms with Crippen LogP contribution in [0, 0.1) is 12.8 Å². The Hall–Kier alpha value is -2.57. The van der Waals surface area contributed by atoms with Crippen molar-refractivity contribution in [2.24, 2.45) is 5.92 Å². The summed E-state index contributed by atoms with van der Waals surface area (Å²) in [5, 5.41) is 8.66. The molecule has 1 saturated heterocycles. The number of hydrogen-bond acceptors (Lipinski definition) is 3. The third-order valence-electron chi connectivity index (χ3n) is 5.74. The van der Waals surface area contributed by atoms with Crippen LogP contribution in [0.3, 0.4) is 0 Å². The van der Waals surface area contributed by atoms with Gasteiger partial charge in [0.15, 0.2) is 0 Å². The van der Waals surface area contributed by atoms with Crippen molar-refractivity contribution in [3.05, 3.63) is 29.8 Å². The molecule has 7 nitrogen and oxygen atoms in total. The molecule has 0 aromatic heterocycles. The summed E-state index contributed by atoms with van der Waals surface area (Å²) in [6.07, 6.45) is 7.08. The SMILES string of the molecule is Cc1cccc(NC(=O)N2CCCC(C(=O)NCC(=O)NC3CCCCC3)C2)c1. The molecule has 1 saturated carbocycles. The molecule has 1 aliphatic carbocycles. The average Bonchev–Trinajstić information content (AvgIpc) is 2.73. The fourth-order valence-corrected chi connectivity index (χ4v) is 4.14. The number of carbonyl (C=O) groups excluding carboxylic acids is 3. The number of rotatable bonds is 5. The lowest BCUT2D eigenvalue weighted by molar-refractivity contribution is -0.129. The molecule has 2 fully saturated rings. The monoisotopic (exact) mass is 400 g/mol. The third-order valence-corrected chi connectivity index (χ3v) is 5.74. The van der Waals surface area contributed by atoms with Crippen LogP contribution in [0.25, 0.3) is 0 Å². The Morgan fingerprint density at radius 3 is 2.62 bits per heavy atom. The number of urea groups is 1. The molecule has 3 N–H and O–H groups in total. The van der Waals surface area contributed by atoms with Crippen LogP contribution in [0.4, 0.5) is 10.5 Å². The minimum absolute atomic E-state index is 0.00131. The van der Waals surface area contributed by atoms with Gasteiger partial charge in [-0.3, -0.25) is 9.59 Å². The van der Waals surface area contributed by atoms with Gasteiger partial charge < -0.3 is 20.9 Å². The van der Waals surface area contributed by atoms with Crippen LogP contribution in [0.15, 0.2) is 24.3 Å². The standard InChI is InChI=1S/C22H32N4O3/c1-16-7-5-11-19(13-16)25-22(29)26-12-6-8-17(15-26)21(28)23-14-20(27)24-18-9-3-2-4-10-18/h5,7,11,13,17-18H,2-4,6,8-10,12,14-15H2,1H3,(H,23,28)(H,24,27)(H,25,29). The molecule has 0 bridgehead atoms. The Labute approximate surface area is 172 Å². The zero-order valence-corrected chi connectivity index (χ0v) is 17.2. The van der Waals surface area contributed by atoms with Gasteiger partial charge in [0.05, 0.1) is 12.5 Å². The molecule has 1 heterocycles. The van der Waals surface area contributed by atoms with Crippen LogP contribution in [0.2, 0.25) is 0 Å². The summed E-state index contributed by atoms with van der Waals surface area (Å²) in [5.41, 5.74) is 1.83. The second kappa shape index (κ2) is 10.3. The average molecular weight is 401 g/mol. The van der Waals surface area contributed by atoms with Crippen molar-refractivity contribution >= 4 is 23.5 Å². The number of nitrogens with zero attached hydrogens (tertiary/aromatic N) is 1. The topological polar surface area (TPSA) is 90.5 Å². The van der Waals surface area contributed by atoms with Crippen molar-refractivity contribution in [2.75, 3.05) is 25.0 Å². The number of hydrogen-bond donors (Lipinski definition) is 3. The van der Waals surface area contributed by atoms with E-state index in [0.717, 1.165) is 49.8 Å². The first-order valence-corrected chi connectivity index (χ1v) is 10.7. The van der Waals surface area contributed by atoms with Gasteiger partial charge in [0, 0.05) is 24.8 Å². The van der Waals surface area contributed by atoms with E-state index in [-0.39, 0.29) is 36.3 Å². The van der Waals surface area contributed by atoms with Crippen LogP contribution in [-0.4, -0.2) is 48.4 Å². The van der Waals surface area contributed by atoms with E-state index >= 15 is 0 Å². The minimum atomic E-state index is -0.283. The van der Waals surface area contributed by atoms with Crippen LogP contribution in [0.5, 0.6) is 0 Å². The number of anilines is 1. The first-order valence-electron chi connectivity index (χ1n) is 10.7. The molecule has 1 aromatic rings. The molecule has 29 heavy (non-hydrogen) atoms. The number of amides is 4. The molecule has 0 radical (unpaired) electrons. The van der Waals surface area contributed by atoms with Crippen molar-refractivity contribution in [3.8, 4) is 0 Å². The van der Waals surface area contributed by atoms with Gasteiger partial charge in [0.25, 0.3) is 0 Å². The van der Waals surface area contributed by atoms with Crippen molar-refractivity contribution in [2.45, 2.75) is 57.9 Å². The van der Waals surface area contributed by atoms with Crippen LogP contribution in [-0.2, 0) is 9.59 Å². The van der Waals surface area contributed by atoms with Crippen molar-refractivity contribution < 1.29 is 14.4 Å². The molecule has 7 heteroatoms. The Bertz CT molecular complexity index is 731. The van der Waals surface area contributed by atoms with Gasteiger partial charge in [0.2, 0.25) is 11.8 Å². The van der Waals surface area contributed by atoms with Crippen LogP contribution >= 0.6 is 0 Å². The van der Waals surface area contributed by atoms with Crippen molar-refractivity contribution in [1.82, 2.24) is 15.5 Å². The Morgan fingerprint density at radius 1 is 1.07 bits per heavy atom. The van der Waals surface area contributed by atoms with E-state index in [9.17, 15) is 14.4 Å². The zero-order chi connectivity index (χ0) is 20.6. The molecule has 3 rings (SSSR count). The van der Waals surface area contributed by atoms with Gasteiger partial charge in [0.1, 0.15) is 0 Å². The second-order valence-electron chi connectivity index (χ2n) is 8.21. The fourth-order valence-electron chi connectivity index (χ4n) is 4.14. The number of likely N-dealkylation sites (tertiary alicyclic amines) is 1. The minimum Gasteiger partial charge on any atom is -0.352 e. The second-order valence-corrected chi connectivity index (χ2v) is 8.21. The fraction of sp³-hybridized carbons (Fsp3) is 0.591. The molecule has 1 unspecified atom stereocenters. The van der Waals surface area contributed by atoms with E-state index in [1.165, 1.54) is 6.42 Å². The van der Waals surface area contributed by atoms with Gasteiger partial charge in [-0.05, 0) is 50.3 Å². The van der Waals surface area contributed by atoms with E-state index in [4.69, 9.17) is 0 Å². The Kier molecular flexibility index (Phi) is 7.49. The van der Waals surface area contributed by atoms with Gasteiger partial charge in [-0.15, -0.1) is 0 Å². The number of nitrogens with one attached hydrogen (secondary N) is 3. The van der Waals surface area contributed by atoms with Crippen LogP contribution in [0.1, 0.15) is 50.5 Å². The predicted octanol–water partition coefficient (Wildman–Crippen LogP) is 2.80. The smallest absolute Gasteiger partial charge is 0.321 e. The molecule has 1 aromatic carbocycles. The highest BCUT2D eigenvalue weighted by Crippen LogP contribution is 2.19. The van der Waals surface area contributed by atoms with E-state index in [2.05, 4.69) is 16.0 Å². The predicted molar refractivity (Wildman–Crippen MR) is 113 cm³/mol. The van der Waals surface area contributed by atoms with Crippen LogP contribution < -0.4 is 16.0 Å². The lowest BCUT2D eigenvalue weighted by atomic mass is 9.95. The summed E-state index contributed by atoms with van der Waals surface area (Å²) in [7, 11) is 0. The van der Waals surface area contributed by atoms with Gasteiger partial charge in [-0.1, -0.05) is 31.4 Å². The Morgan fingerprint density at radius 2 is 1.86 bits per heavy atom. The summed E-state index contributed by atoms with van der Waals surface area (Å²) in [4.78, 5) is 38.8. The van der Waals surface area contributed by atoms with E-state index in [1.54, 1.807) is 4.90 Å².